The van der Waals surface area contributed by atoms with E-state index >= 15 is 0 Å². The van der Waals surface area contributed by atoms with E-state index in [4.69, 9.17) is 0 Å². The minimum atomic E-state index is 0.406. The molecule has 1 fully saturated rings. The molecule has 0 radical (unpaired) electrons. The summed E-state index contributed by atoms with van der Waals surface area (Å²) in [6.07, 6.45) is 3.55. The number of thiazole rings is 1. The molecular formula is C15H18N6S. The fourth-order valence-electron chi connectivity index (χ4n) is 3.02. The normalized spacial score (nSPS) is 19.1. The summed E-state index contributed by atoms with van der Waals surface area (Å²) in [6, 6.07) is 2.45. The van der Waals surface area contributed by atoms with Crippen LogP contribution in [0.5, 0.6) is 0 Å². The molecule has 0 spiro atoms. The summed E-state index contributed by atoms with van der Waals surface area (Å²) in [5, 5.41) is 4.33. The molecule has 1 aliphatic rings. The summed E-state index contributed by atoms with van der Waals surface area (Å²) in [5.41, 5.74) is 2.00. The highest BCUT2D eigenvalue weighted by Crippen LogP contribution is 2.28. The minimum Gasteiger partial charge on any atom is -0.352 e. The van der Waals surface area contributed by atoms with Crippen LogP contribution in [0.1, 0.15) is 12.6 Å². The first kappa shape index (κ1) is 13.5. The number of piperazine rings is 1. The highest BCUT2D eigenvalue weighted by Gasteiger charge is 2.27. The highest BCUT2D eigenvalue weighted by atomic mass is 32.1. The van der Waals surface area contributed by atoms with Crippen LogP contribution in [-0.2, 0) is 0 Å². The number of aromatic amines is 1. The Labute approximate surface area is 132 Å². The van der Waals surface area contributed by atoms with E-state index in [2.05, 4.69) is 42.0 Å². The number of hydrogen-bond donors (Lipinski definition) is 1. The molecule has 7 heteroatoms. The Morgan fingerprint density at radius 2 is 2.23 bits per heavy atom. The molecule has 1 atom stereocenters. The number of rotatable bonds is 2. The zero-order valence-corrected chi connectivity index (χ0v) is 13.5. The lowest BCUT2D eigenvalue weighted by Gasteiger charge is -2.40. The molecule has 1 N–H and O–H groups in total. The van der Waals surface area contributed by atoms with Gasteiger partial charge in [-0.1, -0.05) is 0 Å². The molecule has 6 nitrogen and oxygen atoms in total. The van der Waals surface area contributed by atoms with Crippen molar-refractivity contribution >= 4 is 33.3 Å². The standard InChI is InChI=1S/C15H18N6S/c1-10-8-22-15(19-10)21-6-5-20(7-11(21)2)14-12-3-4-16-13(12)17-9-18-14/h3-4,8-9,11H,5-7H2,1-2H3,(H,16,17,18)/t11-/m0/s1. The molecule has 0 bridgehead atoms. The van der Waals surface area contributed by atoms with Crippen LogP contribution in [-0.4, -0.2) is 45.6 Å². The average Bonchev–Trinajstić information content (AvgIpc) is 3.15. The van der Waals surface area contributed by atoms with Crippen molar-refractivity contribution in [3.63, 3.8) is 0 Å². The Morgan fingerprint density at radius 3 is 3.00 bits per heavy atom. The minimum absolute atomic E-state index is 0.406. The van der Waals surface area contributed by atoms with Crippen LogP contribution < -0.4 is 9.80 Å². The molecule has 0 saturated carbocycles. The fourth-order valence-corrected chi connectivity index (χ4v) is 3.95. The summed E-state index contributed by atoms with van der Waals surface area (Å²) >= 11 is 1.73. The van der Waals surface area contributed by atoms with Gasteiger partial charge in [-0.25, -0.2) is 15.0 Å². The number of anilines is 2. The zero-order chi connectivity index (χ0) is 15.1. The Hall–Kier alpha value is -2.15. The summed E-state index contributed by atoms with van der Waals surface area (Å²) < 4.78 is 0. The van der Waals surface area contributed by atoms with E-state index < -0.39 is 0 Å². The summed E-state index contributed by atoms with van der Waals surface area (Å²) in [4.78, 5) is 21.3. The van der Waals surface area contributed by atoms with Crippen molar-refractivity contribution in [1.29, 1.82) is 0 Å². The van der Waals surface area contributed by atoms with Gasteiger partial charge in [-0.3, -0.25) is 0 Å². The number of aromatic nitrogens is 4. The maximum Gasteiger partial charge on any atom is 0.185 e. The van der Waals surface area contributed by atoms with Gasteiger partial charge in [0.15, 0.2) is 5.13 Å². The van der Waals surface area contributed by atoms with Crippen LogP contribution >= 0.6 is 11.3 Å². The van der Waals surface area contributed by atoms with Gasteiger partial charge < -0.3 is 14.8 Å². The Morgan fingerprint density at radius 1 is 1.32 bits per heavy atom. The molecule has 4 rings (SSSR count). The van der Waals surface area contributed by atoms with E-state index in [1.165, 1.54) is 0 Å². The molecular weight excluding hydrogens is 296 g/mol. The van der Waals surface area contributed by atoms with Crippen LogP contribution in [0, 0.1) is 6.92 Å². The number of nitrogens with one attached hydrogen (secondary N) is 1. The van der Waals surface area contributed by atoms with Gasteiger partial charge in [0.25, 0.3) is 0 Å². The summed E-state index contributed by atoms with van der Waals surface area (Å²) in [5.74, 6) is 1.02. The Kier molecular flexibility index (Phi) is 3.22. The highest BCUT2D eigenvalue weighted by molar-refractivity contribution is 7.13. The van der Waals surface area contributed by atoms with Gasteiger partial charge in [0.1, 0.15) is 17.8 Å². The van der Waals surface area contributed by atoms with E-state index in [9.17, 15) is 0 Å². The van der Waals surface area contributed by atoms with Crippen molar-refractivity contribution in [2.24, 2.45) is 0 Å². The van der Waals surface area contributed by atoms with Gasteiger partial charge in [-0.15, -0.1) is 11.3 Å². The molecule has 1 saturated heterocycles. The summed E-state index contributed by atoms with van der Waals surface area (Å²) in [7, 11) is 0. The first-order valence-corrected chi connectivity index (χ1v) is 8.32. The second-order valence-electron chi connectivity index (χ2n) is 5.70. The Balaban J connectivity index is 1.59. The number of fused-ring (bicyclic) bond motifs is 1. The van der Waals surface area contributed by atoms with Crippen molar-refractivity contribution in [3.05, 3.63) is 29.7 Å². The number of nitrogens with zero attached hydrogens (tertiary/aromatic N) is 5. The van der Waals surface area contributed by atoms with Crippen LogP contribution in [0.4, 0.5) is 10.9 Å². The van der Waals surface area contributed by atoms with Crippen LogP contribution in [0.3, 0.4) is 0 Å². The van der Waals surface area contributed by atoms with Crippen molar-refractivity contribution in [2.75, 3.05) is 29.4 Å². The topological polar surface area (TPSA) is 60.9 Å². The van der Waals surface area contributed by atoms with Crippen molar-refractivity contribution in [1.82, 2.24) is 19.9 Å². The monoisotopic (exact) mass is 314 g/mol. The Bertz CT molecular complexity index is 794. The molecule has 1 aliphatic heterocycles. The lowest BCUT2D eigenvalue weighted by atomic mass is 10.2. The molecule has 4 heterocycles. The van der Waals surface area contributed by atoms with Crippen molar-refractivity contribution in [2.45, 2.75) is 19.9 Å². The number of hydrogen-bond acceptors (Lipinski definition) is 6. The number of H-pyrrole nitrogens is 1. The predicted molar refractivity (Wildman–Crippen MR) is 89.8 cm³/mol. The third-order valence-electron chi connectivity index (χ3n) is 4.11. The second-order valence-corrected chi connectivity index (χ2v) is 6.53. The lowest BCUT2D eigenvalue weighted by Crippen LogP contribution is -2.52. The quantitative estimate of drug-likeness (QED) is 0.787. The van der Waals surface area contributed by atoms with Crippen LogP contribution in [0.25, 0.3) is 11.0 Å². The third kappa shape index (κ3) is 2.21. The maximum atomic E-state index is 4.62. The molecule has 0 amide bonds. The molecule has 3 aromatic rings. The van der Waals surface area contributed by atoms with E-state index in [0.717, 1.165) is 47.3 Å². The smallest absolute Gasteiger partial charge is 0.185 e. The molecule has 22 heavy (non-hydrogen) atoms. The lowest BCUT2D eigenvalue weighted by molar-refractivity contribution is 0.547. The van der Waals surface area contributed by atoms with Gasteiger partial charge in [-0.2, -0.15) is 0 Å². The van der Waals surface area contributed by atoms with Gasteiger partial charge in [-0.05, 0) is 19.9 Å². The third-order valence-corrected chi connectivity index (χ3v) is 5.11. The van der Waals surface area contributed by atoms with Crippen molar-refractivity contribution in [3.8, 4) is 0 Å². The van der Waals surface area contributed by atoms with Crippen molar-refractivity contribution < 1.29 is 0 Å². The van der Waals surface area contributed by atoms with E-state index in [1.807, 2.05) is 19.2 Å². The maximum absolute atomic E-state index is 4.62. The van der Waals surface area contributed by atoms with Gasteiger partial charge in [0.05, 0.1) is 11.1 Å². The first-order chi connectivity index (χ1) is 10.7. The molecule has 0 aromatic carbocycles. The molecule has 0 aliphatic carbocycles. The van der Waals surface area contributed by atoms with Gasteiger partial charge >= 0.3 is 0 Å². The molecule has 114 valence electrons. The largest absolute Gasteiger partial charge is 0.352 e. The van der Waals surface area contributed by atoms with E-state index in [0.29, 0.717) is 6.04 Å². The zero-order valence-electron chi connectivity index (χ0n) is 12.7. The number of aryl methyl sites for hydroxylation is 1. The predicted octanol–water partition coefficient (Wildman–Crippen LogP) is 2.44. The average molecular weight is 314 g/mol. The summed E-state index contributed by atoms with van der Waals surface area (Å²) in [6.45, 7) is 7.14. The fraction of sp³-hybridized carbons (Fsp3) is 0.400. The molecule has 3 aromatic heterocycles. The van der Waals surface area contributed by atoms with Crippen LogP contribution in [0.15, 0.2) is 24.0 Å². The first-order valence-electron chi connectivity index (χ1n) is 7.44. The van der Waals surface area contributed by atoms with Crippen LogP contribution in [0.2, 0.25) is 0 Å². The van der Waals surface area contributed by atoms with Gasteiger partial charge in [0, 0.05) is 37.3 Å². The molecule has 0 unspecified atom stereocenters. The van der Waals surface area contributed by atoms with E-state index in [-0.39, 0.29) is 0 Å². The second kappa shape index (κ2) is 5.24. The van der Waals surface area contributed by atoms with E-state index in [1.54, 1.807) is 17.7 Å². The SMILES string of the molecule is Cc1csc(N2CCN(c3ncnc4[nH]ccc34)C[C@@H]2C)n1. The van der Waals surface area contributed by atoms with Gasteiger partial charge in [0.2, 0.25) is 0 Å².